The van der Waals surface area contributed by atoms with E-state index in [0.29, 0.717) is 39.5 Å². The van der Waals surface area contributed by atoms with Crippen molar-refractivity contribution in [2.24, 2.45) is 0 Å². The fourth-order valence-corrected chi connectivity index (χ4v) is 3.09. The van der Waals surface area contributed by atoms with E-state index in [4.69, 9.17) is 23.7 Å². The first-order chi connectivity index (χ1) is 16.5. The Morgan fingerprint density at radius 3 is 1.62 bits per heavy atom. The van der Waals surface area contributed by atoms with Gasteiger partial charge in [0.05, 0.1) is 35.5 Å². The smallest absolute Gasteiger partial charge is 0.341 e. The van der Waals surface area contributed by atoms with Gasteiger partial charge in [-0.3, -0.25) is 0 Å². The normalized spacial score (nSPS) is 9.56. The van der Waals surface area contributed by atoms with Gasteiger partial charge in [-0.05, 0) is 42.5 Å². The SMILES string of the molecule is COC(=O)c1ccc(C#Cc2cc(OC)c(OC)cc2C#Cc2ccc(OC)cc2)cc1OC. The molecule has 172 valence electrons. The summed E-state index contributed by atoms with van der Waals surface area (Å²) < 4.78 is 26.2. The molecule has 3 aromatic rings. The third-order valence-corrected chi connectivity index (χ3v) is 4.90. The van der Waals surface area contributed by atoms with Gasteiger partial charge in [0, 0.05) is 34.4 Å². The number of benzene rings is 3. The molecule has 34 heavy (non-hydrogen) atoms. The maximum Gasteiger partial charge on any atom is 0.341 e. The zero-order chi connectivity index (χ0) is 24.5. The summed E-state index contributed by atoms with van der Waals surface area (Å²) >= 11 is 0. The predicted octanol–water partition coefficient (Wildman–Crippen LogP) is 4.31. The highest BCUT2D eigenvalue weighted by atomic mass is 16.5. The van der Waals surface area contributed by atoms with Gasteiger partial charge in [0.15, 0.2) is 11.5 Å². The second kappa shape index (κ2) is 11.4. The van der Waals surface area contributed by atoms with Gasteiger partial charge in [0.2, 0.25) is 0 Å². The first kappa shape index (κ1) is 24.1. The summed E-state index contributed by atoms with van der Waals surface area (Å²) in [6, 6.07) is 16.1. The van der Waals surface area contributed by atoms with Crippen molar-refractivity contribution in [1.82, 2.24) is 0 Å². The average molecular weight is 456 g/mol. The van der Waals surface area contributed by atoms with E-state index in [0.717, 1.165) is 11.3 Å². The summed E-state index contributed by atoms with van der Waals surface area (Å²) in [5, 5.41) is 0. The number of esters is 1. The van der Waals surface area contributed by atoms with E-state index < -0.39 is 5.97 Å². The molecule has 0 fully saturated rings. The highest BCUT2D eigenvalue weighted by molar-refractivity contribution is 5.92. The number of rotatable bonds is 5. The minimum Gasteiger partial charge on any atom is -0.497 e. The van der Waals surface area contributed by atoms with E-state index in [1.165, 1.54) is 14.2 Å². The predicted molar refractivity (Wildman–Crippen MR) is 129 cm³/mol. The molecule has 0 N–H and O–H groups in total. The van der Waals surface area contributed by atoms with Crippen molar-refractivity contribution in [2.45, 2.75) is 0 Å². The van der Waals surface area contributed by atoms with E-state index in [2.05, 4.69) is 23.7 Å². The Morgan fingerprint density at radius 2 is 1.12 bits per heavy atom. The first-order valence-electron chi connectivity index (χ1n) is 10.2. The summed E-state index contributed by atoms with van der Waals surface area (Å²) in [7, 11) is 7.56. The monoisotopic (exact) mass is 456 g/mol. The molecular formula is C28H24O6. The van der Waals surface area contributed by atoms with Crippen LogP contribution in [0, 0.1) is 23.7 Å². The zero-order valence-electron chi connectivity index (χ0n) is 19.6. The molecule has 6 nitrogen and oxygen atoms in total. The van der Waals surface area contributed by atoms with Gasteiger partial charge in [-0.1, -0.05) is 23.7 Å². The number of hydrogen-bond donors (Lipinski definition) is 0. The van der Waals surface area contributed by atoms with Crippen molar-refractivity contribution in [3.8, 4) is 46.7 Å². The van der Waals surface area contributed by atoms with Gasteiger partial charge in [-0.2, -0.15) is 0 Å². The molecule has 0 bridgehead atoms. The largest absolute Gasteiger partial charge is 0.497 e. The first-order valence-corrected chi connectivity index (χ1v) is 10.2. The molecule has 0 unspecified atom stereocenters. The Balaban J connectivity index is 2.04. The molecule has 0 saturated heterocycles. The fraction of sp³-hybridized carbons (Fsp3) is 0.179. The molecule has 6 heteroatoms. The number of carbonyl (C=O) groups is 1. The van der Waals surface area contributed by atoms with Crippen LogP contribution >= 0.6 is 0 Å². The van der Waals surface area contributed by atoms with Crippen molar-refractivity contribution in [3.63, 3.8) is 0 Å². The maximum absolute atomic E-state index is 11.9. The van der Waals surface area contributed by atoms with E-state index >= 15 is 0 Å². The minimum atomic E-state index is -0.479. The molecule has 0 saturated carbocycles. The van der Waals surface area contributed by atoms with Gasteiger partial charge in [0.25, 0.3) is 0 Å². The van der Waals surface area contributed by atoms with Gasteiger partial charge in [-0.25, -0.2) is 4.79 Å². The standard InChI is InChI=1S/C28H24O6/c1-30-23-13-8-19(9-14-23)6-11-21-17-26(32-3)27(33-4)18-22(21)12-7-20-10-15-24(28(29)34-5)25(16-20)31-2/h8-10,13-18H,1-5H3. The van der Waals surface area contributed by atoms with Gasteiger partial charge < -0.3 is 23.7 Å². The van der Waals surface area contributed by atoms with Crippen LogP contribution in [0.5, 0.6) is 23.0 Å². The van der Waals surface area contributed by atoms with E-state index in [9.17, 15) is 4.79 Å². The highest BCUT2D eigenvalue weighted by Crippen LogP contribution is 2.30. The Bertz CT molecular complexity index is 1300. The van der Waals surface area contributed by atoms with Crippen molar-refractivity contribution in [1.29, 1.82) is 0 Å². The molecule has 0 aliphatic rings. The van der Waals surface area contributed by atoms with Crippen molar-refractivity contribution >= 4 is 5.97 Å². The van der Waals surface area contributed by atoms with E-state index in [1.54, 1.807) is 51.7 Å². The van der Waals surface area contributed by atoms with Crippen LogP contribution in [0.1, 0.15) is 32.6 Å². The van der Waals surface area contributed by atoms with Crippen LogP contribution in [0.4, 0.5) is 0 Å². The van der Waals surface area contributed by atoms with Crippen LogP contribution in [0.2, 0.25) is 0 Å². The Kier molecular flexibility index (Phi) is 8.05. The third kappa shape index (κ3) is 5.62. The summed E-state index contributed by atoms with van der Waals surface area (Å²) in [6.07, 6.45) is 0. The van der Waals surface area contributed by atoms with Gasteiger partial charge >= 0.3 is 5.97 Å². The van der Waals surface area contributed by atoms with E-state index in [-0.39, 0.29) is 0 Å². The average Bonchev–Trinajstić information content (AvgIpc) is 2.90. The summed E-state index contributed by atoms with van der Waals surface area (Å²) in [4.78, 5) is 11.9. The van der Waals surface area contributed by atoms with Crippen LogP contribution in [-0.2, 0) is 4.74 Å². The molecule has 3 rings (SSSR count). The highest BCUT2D eigenvalue weighted by Gasteiger charge is 2.13. The van der Waals surface area contributed by atoms with Crippen LogP contribution in [0.3, 0.4) is 0 Å². The number of carbonyl (C=O) groups excluding carboxylic acids is 1. The second-order valence-electron chi connectivity index (χ2n) is 6.89. The molecule has 0 heterocycles. The quantitative estimate of drug-likeness (QED) is 0.421. The molecule has 0 amide bonds. The molecular weight excluding hydrogens is 432 g/mol. The van der Waals surface area contributed by atoms with E-state index in [1.807, 2.05) is 24.3 Å². The Morgan fingerprint density at radius 1 is 0.588 bits per heavy atom. The second-order valence-corrected chi connectivity index (χ2v) is 6.89. The minimum absolute atomic E-state index is 0.327. The maximum atomic E-state index is 11.9. The zero-order valence-corrected chi connectivity index (χ0v) is 19.6. The topological polar surface area (TPSA) is 63.2 Å². The third-order valence-electron chi connectivity index (χ3n) is 4.90. The Hall–Kier alpha value is -4.55. The molecule has 0 radical (unpaired) electrons. The molecule has 0 aliphatic heterocycles. The van der Waals surface area contributed by atoms with Crippen LogP contribution in [0.15, 0.2) is 54.6 Å². The summed E-state index contributed by atoms with van der Waals surface area (Å²) in [6.45, 7) is 0. The van der Waals surface area contributed by atoms with Gasteiger partial charge in [0.1, 0.15) is 17.1 Å². The lowest BCUT2D eigenvalue weighted by Gasteiger charge is -2.09. The van der Waals surface area contributed by atoms with Crippen molar-refractivity contribution in [2.75, 3.05) is 35.5 Å². The lowest BCUT2D eigenvalue weighted by atomic mass is 10.0. The molecule has 0 atom stereocenters. The van der Waals surface area contributed by atoms with Crippen molar-refractivity contribution in [3.05, 3.63) is 82.4 Å². The Labute approximate surface area is 199 Å². The molecule has 0 spiro atoms. The van der Waals surface area contributed by atoms with Crippen molar-refractivity contribution < 1.29 is 28.5 Å². The molecule has 3 aromatic carbocycles. The lowest BCUT2D eigenvalue weighted by molar-refractivity contribution is 0.0597. The van der Waals surface area contributed by atoms with Crippen LogP contribution < -0.4 is 18.9 Å². The lowest BCUT2D eigenvalue weighted by Crippen LogP contribution is -2.04. The molecule has 0 aliphatic carbocycles. The number of hydrogen-bond acceptors (Lipinski definition) is 6. The van der Waals surface area contributed by atoms with Crippen LogP contribution in [-0.4, -0.2) is 41.5 Å². The number of ether oxygens (including phenoxy) is 5. The van der Waals surface area contributed by atoms with Crippen LogP contribution in [0.25, 0.3) is 0 Å². The summed E-state index contributed by atoms with van der Waals surface area (Å²) in [5.74, 6) is 14.3. The molecule has 0 aromatic heterocycles. The van der Waals surface area contributed by atoms with Gasteiger partial charge in [-0.15, -0.1) is 0 Å². The fourth-order valence-electron chi connectivity index (χ4n) is 3.09. The summed E-state index contributed by atoms with van der Waals surface area (Å²) in [5.41, 5.74) is 3.16. The number of methoxy groups -OCH3 is 5.